The number of ether oxygens (including phenoxy) is 1. The first kappa shape index (κ1) is 13.5. The standard InChI is InChI=1S/C16H18N4O/c17-16(18)21-9-11-1-2-13-6-14(4-3-12(13)5-11)15-7-19-10-20-8-15/h3-4,6-8,10-11H,1-2,5,9H2,(H3,17,18). The van der Waals surface area contributed by atoms with E-state index in [-0.39, 0.29) is 6.02 Å². The number of benzene rings is 1. The van der Waals surface area contributed by atoms with E-state index in [4.69, 9.17) is 15.9 Å². The summed E-state index contributed by atoms with van der Waals surface area (Å²) in [6.07, 6.45) is 8.29. The van der Waals surface area contributed by atoms with Gasteiger partial charge in [-0.25, -0.2) is 9.97 Å². The van der Waals surface area contributed by atoms with Crippen LogP contribution in [0.5, 0.6) is 0 Å². The highest BCUT2D eigenvalue weighted by molar-refractivity contribution is 5.67. The van der Waals surface area contributed by atoms with Gasteiger partial charge in [-0.3, -0.25) is 5.41 Å². The summed E-state index contributed by atoms with van der Waals surface area (Å²) in [5.41, 5.74) is 10.2. The number of nitrogens with zero attached hydrogens (tertiary/aromatic N) is 2. The van der Waals surface area contributed by atoms with Crippen molar-refractivity contribution >= 4 is 6.02 Å². The monoisotopic (exact) mass is 282 g/mol. The van der Waals surface area contributed by atoms with Crippen molar-refractivity contribution in [1.82, 2.24) is 9.97 Å². The van der Waals surface area contributed by atoms with Gasteiger partial charge in [0, 0.05) is 18.0 Å². The summed E-state index contributed by atoms with van der Waals surface area (Å²) < 4.78 is 5.13. The first-order valence-corrected chi connectivity index (χ1v) is 7.06. The number of aryl methyl sites for hydroxylation is 1. The lowest BCUT2D eigenvalue weighted by molar-refractivity contribution is 0.218. The fraction of sp³-hybridized carbons (Fsp3) is 0.312. The zero-order valence-corrected chi connectivity index (χ0v) is 11.7. The largest absolute Gasteiger partial charge is 0.465 e. The molecule has 5 nitrogen and oxygen atoms in total. The third-order valence-corrected chi connectivity index (χ3v) is 3.91. The molecule has 0 fully saturated rings. The van der Waals surface area contributed by atoms with Gasteiger partial charge in [0.05, 0.1) is 6.61 Å². The molecule has 1 aromatic heterocycles. The Morgan fingerprint density at radius 1 is 1.24 bits per heavy atom. The van der Waals surface area contributed by atoms with Crippen molar-refractivity contribution in [2.24, 2.45) is 11.7 Å². The van der Waals surface area contributed by atoms with E-state index < -0.39 is 0 Å². The Morgan fingerprint density at radius 3 is 2.81 bits per heavy atom. The van der Waals surface area contributed by atoms with E-state index in [0.717, 1.165) is 30.4 Å². The minimum atomic E-state index is -0.194. The number of hydrogen-bond donors (Lipinski definition) is 2. The Labute approximate surface area is 123 Å². The van der Waals surface area contributed by atoms with Crippen LogP contribution in [0.15, 0.2) is 36.9 Å². The highest BCUT2D eigenvalue weighted by atomic mass is 16.5. The molecule has 0 saturated carbocycles. The van der Waals surface area contributed by atoms with Gasteiger partial charge < -0.3 is 10.5 Å². The number of aromatic nitrogens is 2. The van der Waals surface area contributed by atoms with Crippen LogP contribution in [0.25, 0.3) is 11.1 Å². The van der Waals surface area contributed by atoms with Gasteiger partial charge >= 0.3 is 0 Å². The van der Waals surface area contributed by atoms with Crippen LogP contribution in [0.1, 0.15) is 17.5 Å². The van der Waals surface area contributed by atoms with Gasteiger partial charge in [0.25, 0.3) is 6.02 Å². The lowest BCUT2D eigenvalue weighted by atomic mass is 9.83. The van der Waals surface area contributed by atoms with Crippen molar-refractivity contribution in [3.8, 4) is 11.1 Å². The highest BCUT2D eigenvalue weighted by Crippen LogP contribution is 2.29. The van der Waals surface area contributed by atoms with Crippen LogP contribution in [0.3, 0.4) is 0 Å². The van der Waals surface area contributed by atoms with E-state index in [0.29, 0.717) is 12.5 Å². The number of rotatable bonds is 3. The van der Waals surface area contributed by atoms with Crippen molar-refractivity contribution in [2.75, 3.05) is 6.61 Å². The number of fused-ring (bicyclic) bond motifs is 1. The summed E-state index contributed by atoms with van der Waals surface area (Å²) in [6.45, 7) is 0.531. The second kappa shape index (κ2) is 5.91. The van der Waals surface area contributed by atoms with Crippen molar-refractivity contribution in [1.29, 1.82) is 5.41 Å². The number of nitrogens with two attached hydrogens (primary N) is 1. The van der Waals surface area contributed by atoms with E-state index in [9.17, 15) is 0 Å². The third kappa shape index (κ3) is 3.18. The molecule has 5 heteroatoms. The van der Waals surface area contributed by atoms with Crippen molar-refractivity contribution < 1.29 is 4.74 Å². The molecular weight excluding hydrogens is 264 g/mol. The van der Waals surface area contributed by atoms with E-state index in [1.807, 2.05) is 12.4 Å². The first-order valence-electron chi connectivity index (χ1n) is 7.06. The summed E-state index contributed by atoms with van der Waals surface area (Å²) in [6, 6.07) is 6.33. The number of nitrogens with one attached hydrogen (secondary N) is 1. The Bertz CT molecular complexity index is 642. The van der Waals surface area contributed by atoms with E-state index in [2.05, 4.69) is 28.2 Å². The maximum absolute atomic E-state index is 7.12. The van der Waals surface area contributed by atoms with Crippen LogP contribution in [-0.4, -0.2) is 22.6 Å². The zero-order valence-electron chi connectivity index (χ0n) is 11.7. The summed E-state index contributed by atoms with van der Waals surface area (Å²) in [5, 5.41) is 7.12. The number of amidine groups is 1. The second-order valence-electron chi connectivity index (χ2n) is 5.39. The molecule has 108 valence electrons. The van der Waals surface area contributed by atoms with Crippen LogP contribution >= 0.6 is 0 Å². The molecule has 2 aromatic rings. The van der Waals surface area contributed by atoms with E-state index in [1.54, 1.807) is 6.33 Å². The van der Waals surface area contributed by atoms with Crippen molar-refractivity contribution in [3.63, 3.8) is 0 Å². The molecule has 1 aliphatic rings. The molecule has 0 spiro atoms. The Hall–Kier alpha value is -2.43. The quantitative estimate of drug-likeness (QED) is 0.667. The van der Waals surface area contributed by atoms with Gasteiger partial charge in [-0.15, -0.1) is 0 Å². The second-order valence-corrected chi connectivity index (χ2v) is 5.39. The molecule has 0 amide bonds. The van der Waals surface area contributed by atoms with Crippen LogP contribution < -0.4 is 5.73 Å². The average molecular weight is 282 g/mol. The van der Waals surface area contributed by atoms with Gasteiger partial charge in [0.2, 0.25) is 0 Å². The molecule has 0 aliphatic heterocycles. The summed E-state index contributed by atoms with van der Waals surface area (Å²) in [5.74, 6) is 0.437. The smallest absolute Gasteiger partial charge is 0.279 e. The lowest BCUT2D eigenvalue weighted by Crippen LogP contribution is -2.23. The molecule has 1 heterocycles. The summed E-state index contributed by atoms with van der Waals surface area (Å²) in [4.78, 5) is 8.13. The van der Waals surface area contributed by atoms with Crippen molar-refractivity contribution in [2.45, 2.75) is 19.3 Å². The molecule has 1 aliphatic carbocycles. The number of hydrogen-bond acceptors (Lipinski definition) is 4. The average Bonchev–Trinajstić information content (AvgIpc) is 2.53. The maximum Gasteiger partial charge on any atom is 0.279 e. The van der Waals surface area contributed by atoms with E-state index in [1.165, 1.54) is 11.1 Å². The molecule has 0 bridgehead atoms. The Balaban J connectivity index is 1.75. The van der Waals surface area contributed by atoms with E-state index >= 15 is 0 Å². The van der Waals surface area contributed by atoms with Crippen LogP contribution in [0.4, 0.5) is 0 Å². The lowest BCUT2D eigenvalue weighted by Gasteiger charge is -2.24. The summed E-state index contributed by atoms with van der Waals surface area (Å²) >= 11 is 0. The molecule has 1 unspecified atom stereocenters. The minimum absolute atomic E-state index is 0.194. The van der Waals surface area contributed by atoms with Gasteiger partial charge in [-0.05, 0) is 41.9 Å². The van der Waals surface area contributed by atoms with Crippen LogP contribution in [0.2, 0.25) is 0 Å². The van der Waals surface area contributed by atoms with Gasteiger partial charge in [0.1, 0.15) is 6.33 Å². The predicted molar refractivity (Wildman–Crippen MR) is 80.8 cm³/mol. The fourth-order valence-electron chi connectivity index (χ4n) is 2.81. The molecule has 3 rings (SSSR count). The van der Waals surface area contributed by atoms with Crippen LogP contribution in [0, 0.1) is 11.3 Å². The Kier molecular flexibility index (Phi) is 3.81. The molecule has 0 saturated heterocycles. The molecule has 21 heavy (non-hydrogen) atoms. The summed E-state index contributed by atoms with van der Waals surface area (Å²) in [7, 11) is 0. The third-order valence-electron chi connectivity index (χ3n) is 3.91. The molecule has 1 aromatic carbocycles. The minimum Gasteiger partial charge on any atom is -0.465 e. The van der Waals surface area contributed by atoms with Gasteiger partial charge in [-0.1, -0.05) is 18.2 Å². The normalized spacial score (nSPS) is 17.0. The van der Waals surface area contributed by atoms with Gasteiger partial charge in [0.15, 0.2) is 0 Å². The fourth-order valence-corrected chi connectivity index (χ4v) is 2.81. The van der Waals surface area contributed by atoms with Crippen LogP contribution in [-0.2, 0) is 17.6 Å². The maximum atomic E-state index is 7.12. The molecule has 3 N–H and O–H groups in total. The Morgan fingerprint density at radius 2 is 2.05 bits per heavy atom. The van der Waals surface area contributed by atoms with Crippen molar-refractivity contribution in [3.05, 3.63) is 48.0 Å². The molecular formula is C16H18N4O. The zero-order chi connectivity index (χ0) is 14.7. The SMILES string of the molecule is N=C(N)OCC1CCc2cc(-c3cncnc3)ccc2C1. The topological polar surface area (TPSA) is 84.9 Å². The highest BCUT2D eigenvalue weighted by Gasteiger charge is 2.19. The molecule has 1 atom stereocenters. The predicted octanol–water partition coefficient (Wildman–Crippen LogP) is 2.16. The molecule has 0 radical (unpaired) electrons. The van der Waals surface area contributed by atoms with Gasteiger partial charge in [-0.2, -0.15) is 0 Å². The first-order chi connectivity index (χ1) is 10.2.